The molecule has 1 amide bonds. The molecule has 4 nitrogen and oxygen atoms in total. The van der Waals surface area contributed by atoms with Crippen LogP contribution in [0, 0.1) is 5.82 Å². The Morgan fingerprint density at radius 2 is 2.00 bits per heavy atom. The van der Waals surface area contributed by atoms with Gasteiger partial charge in [0.25, 0.3) is 5.91 Å². The Morgan fingerprint density at radius 1 is 1.26 bits per heavy atom. The predicted molar refractivity (Wildman–Crippen MR) is 71.1 cm³/mol. The van der Waals surface area contributed by atoms with Crippen molar-refractivity contribution in [2.75, 3.05) is 12.3 Å². The average Bonchev–Trinajstić information content (AvgIpc) is 2.41. The van der Waals surface area contributed by atoms with Gasteiger partial charge in [-0.1, -0.05) is 12.1 Å². The van der Waals surface area contributed by atoms with Gasteiger partial charge in [0, 0.05) is 18.3 Å². The third kappa shape index (κ3) is 3.77. The fourth-order valence-corrected chi connectivity index (χ4v) is 1.66. The average molecular weight is 259 g/mol. The van der Waals surface area contributed by atoms with Crippen LogP contribution in [0.15, 0.2) is 42.6 Å². The Hall–Kier alpha value is -2.43. The van der Waals surface area contributed by atoms with Crippen molar-refractivity contribution < 1.29 is 9.18 Å². The van der Waals surface area contributed by atoms with Gasteiger partial charge < -0.3 is 11.1 Å². The van der Waals surface area contributed by atoms with E-state index >= 15 is 0 Å². The number of nitrogens with one attached hydrogen (secondary N) is 1. The van der Waals surface area contributed by atoms with Crippen LogP contribution in [0.4, 0.5) is 10.2 Å². The molecule has 0 aliphatic rings. The van der Waals surface area contributed by atoms with E-state index in [4.69, 9.17) is 5.73 Å². The van der Waals surface area contributed by atoms with Gasteiger partial charge in [0.2, 0.25) is 0 Å². The Bertz CT molecular complexity index is 569. The number of rotatable bonds is 4. The number of amides is 1. The van der Waals surface area contributed by atoms with Crippen LogP contribution in [0.3, 0.4) is 0 Å². The molecule has 19 heavy (non-hydrogen) atoms. The summed E-state index contributed by atoms with van der Waals surface area (Å²) < 4.78 is 12.7. The summed E-state index contributed by atoms with van der Waals surface area (Å²) in [6.07, 6.45) is 2.14. The largest absolute Gasteiger partial charge is 0.384 e. The van der Waals surface area contributed by atoms with E-state index in [1.807, 2.05) is 0 Å². The van der Waals surface area contributed by atoms with E-state index in [1.54, 1.807) is 18.2 Å². The Balaban J connectivity index is 1.86. The fraction of sp³-hybridized carbons (Fsp3) is 0.143. The van der Waals surface area contributed by atoms with E-state index in [9.17, 15) is 9.18 Å². The van der Waals surface area contributed by atoms with Crippen LogP contribution < -0.4 is 11.1 Å². The minimum atomic E-state index is -0.264. The molecule has 0 saturated carbocycles. The molecule has 0 aliphatic heterocycles. The second-order valence-electron chi connectivity index (χ2n) is 4.10. The summed E-state index contributed by atoms with van der Waals surface area (Å²) in [5.74, 6) is -0.151. The van der Waals surface area contributed by atoms with Gasteiger partial charge in [-0.15, -0.1) is 0 Å². The molecule has 0 atom stereocenters. The van der Waals surface area contributed by atoms with Crippen LogP contribution in [0.2, 0.25) is 0 Å². The lowest BCUT2D eigenvalue weighted by Gasteiger charge is -2.05. The van der Waals surface area contributed by atoms with E-state index in [0.29, 0.717) is 24.3 Å². The lowest BCUT2D eigenvalue weighted by Crippen LogP contribution is -2.25. The van der Waals surface area contributed by atoms with E-state index in [2.05, 4.69) is 10.3 Å². The molecule has 0 radical (unpaired) electrons. The second kappa shape index (κ2) is 5.95. The third-order valence-corrected chi connectivity index (χ3v) is 2.66. The molecule has 3 N–H and O–H groups in total. The molecule has 0 aliphatic carbocycles. The molecular weight excluding hydrogens is 245 g/mol. The van der Waals surface area contributed by atoms with Crippen molar-refractivity contribution in [3.63, 3.8) is 0 Å². The number of hydrogen-bond donors (Lipinski definition) is 2. The van der Waals surface area contributed by atoms with E-state index < -0.39 is 0 Å². The number of benzene rings is 1. The van der Waals surface area contributed by atoms with Crippen molar-refractivity contribution in [3.8, 4) is 0 Å². The summed E-state index contributed by atoms with van der Waals surface area (Å²) in [5, 5.41) is 2.77. The van der Waals surface area contributed by atoms with Gasteiger partial charge in [-0.05, 0) is 36.2 Å². The minimum absolute atomic E-state index is 0.198. The number of nitrogen functional groups attached to an aromatic ring is 1. The second-order valence-corrected chi connectivity index (χ2v) is 4.10. The number of aromatic nitrogens is 1. The van der Waals surface area contributed by atoms with Crippen molar-refractivity contribution >= 4 is 11.7 Å². The number of carbonyl (C=O) groups excluding carboxylic acids is 1. The van der Waals surface area contributed by atoms with Gasteiger partial charge in [0.15, 0.2) is 0 Å². The van der Waals surface area contributed by atoms with Crippen LogP contribution in [0.5, 0.6) is 0 Å². The SMILES string of the molecule is Nc1cc(C(=O)NCCc2ccc(F)cc2)ccn1. The number of halogens is 1. The number of nitrogens with zero attached hydrogens (tertiary/aromatic N) is 1. The van der Waals surface area contributed by atoms with Gasteiger partial charge in [-0.2, -0.15) is 0 Å². The Kier molecular flexibility index (Phi) is 4.07. The minimum Gasteiger partial charge on any atom is -0.384 e. The first kappa shape index (κ1) is 13.0. The highest BCUT2D eigenvalue weighted by molar-refractivity contribution is 5.94. The summed E-state index contributed by atoms with van der Waals surface area (Å²) in [6.45, 7) is 0.479. The highest BCUT2D eigenvalue weighted by Gasteiger charge is 2.05. The maximum absolute atomic E-state index is 12.7. The molecule has 0 fully saturated rings. The van der Waals surface area contributed by atoms with Crippen LogP contribution in [-0.2, 0) is 6.42 Å². The molecule has 2 aromatic rings. The summed E-state index contributed by atoms with van der Waals surface area (Å²) in [4.78, 5) is 15.6. The van der Waals surface area contributed by atoms with Crippen LogP contribution >= 0.6 is 0 Å². The fourth-order valence-electron chi connectivity index (χ4n) is 1.66. The zero-order valence-corrected chi connectivity index (χ0v) is 10.3. The number of pyridine rings is 1. The molecule has 5 heteroatoms. The van der Waals surface area contributed by atoms with Crippen molar-refractivity contribution in [2.24, 2.45) is 0 Å². The normalized spacial score (nSPS) is 10.2. The first-order chi connectivity index (χ1) is 9.15. The molecule has 1 aromatic carbocycles. The topological polar surface area (TPSA) is 68.0 Å². The number of hydrogen-bond acceptors (Lipinski definition) is 3. The number of nitrogens with two attached hydrogens (primary N) is 1. The van der Waals surface area contributed by atoms with E-state index in [0.717, 1.165) is 5.56 Å². The molecule has 0 saturated heterocycles. The van der Waals surface area contributed by atoms with E-state index in [1.165, 1.54) is 24.4 Å². The van der Waals surface area contributed by atoms with E-state index in [-0.39, 0.29) is 11.7 Å². The monoisotopic (exact) mass is 259 g/mol. The Morgan fingerprint density at radius 3 is 2.68 bits per heavy atom. The maximum atomic E-state index is 12.7. The third-order valence-electron chi connectivity index (χ3n) is 2.66. The first-order valence-corrected chi connectivity index (χ1v) is 5.89. The maximum Gasteiger partial charge on any atom is 0.251 e. The van der Waals surface area contributed by atoms with Gasteiger partial charge in [0.05, 0.1) is 0 Å². The molecule has 1 heterocycles. The van der Waals surface area contributed by atoms with Gasteiger partial charge >= 0.3 is 0 Å². The highest BCUT2D eigenvalue weighted by atomic mass is 19.1. The van der Waals surface area contributed by atoms with Crippen molar-refractivity contribution in [1.82, 2.24) is 10.3 Å². The van der Waals surface area contributed by atoms with Crippen LogP contribution in [0.1, 0.15) is 15.9 Å². The molecular formula is C14H14FN3O. The van der Waals surface area contributed by atoms with Gasteiger partial charge in [-0.25, -0.2) is 9.37 Å². The highest BCUT2D eigenvalue weighted by Crippen LogP contribution is 2.04. The molecule has 0 bridgehead atoms. The van der Waals surface area contributed by atoms with Crippen molar-refractivity contribution in [2.45, 2.75) is 6.42 Å². The summed E-state index contributed by atoms with van der Waals surface area (Å²) in [7, 11) is 0. The number of anilines is 1. The van der Waals surface area contributed by atoms with Crippen LogP contribution in [-0.4, -0.2) is 17.4 Å². The standard InChI is InChI=1S/C14H14FN3O/c15-12-3-1-10(2-4-12)5-7-18-14(19)11-6-8-17-13(16)9-11/h1-4,6,8-9H,5,7H2,(H2,16,17)(H,18,19). The molecule has 0 unspecified atom stereocenters. The summed E-state index contributed by atoms with van der Waals surface area (Å²) in [6, 6.07) is 9.33. The van der Waals surface area contributed by atoms with Crippen LogP contribution in [0.25, 0.3) is 0 Å². The van der Waals surface area contributed by atoms with Gasteiger partial charge in [0.1, 0.15) is 11.6 Å². The molecule has 2 rings (SSSR count). The predicted octanol–water partition coefficient (Wildman–Crippen LogP) is 1.78. The lowest BCUT2D eigenvalue weighted by molar-refractivity contribution is 0.0954. The van der Waals surface area contributed by atoms with Crippen molar-refractivity contribution in [3.05, 3.63) is 59.5 Å². The molecule has 0 spiro atoms. The lowest BCUT2D eigenvalue weighted by atomic mass is 10.1. The Labute approximate surface area is 110 Å². The smallest absolute Gasteiger partial charge is 0.251 e. The summed E-state index contributed by atoms with van der Waals surface area (Å²) in [5.41, 5.74) is 6.95. The quantitative estimate of drug-likeness (QED) is 0.879. The number of carbonyl (C=O) groups is 1. The molecule has 1 aromatic heterocycles. The first-order valence-electron chi connectivity index (χ1n) is 5.89. The zero-order valence-electron chi connectivity index (χ0n) is 10.3. The van der Waals surface area contributed by atoms with Crippen molar-refractivity contribution in [1.29, 1.82) is 0 Å². The summed E-state index contributed by atoms with van der Waals surface area (Å²) >= 11 is 0. The van der Waals surface area contributed by atoms with Gasteiger partial charge in [-0.3, -0.25) is 4.79 Å². The molecule has 98 valence electrons. The zero-order chi connectivity index (χ0) is 13.7.